The molecule has 1 unspecified atom stereocenters. The second-order valence-electron chi connectivity index (χ2n) is 5.02. The Bertz CT molecular complexity index is 462. The Balaban J connectivity index is 2.35. The lowest BCUT2D eigenvalue weighted by Crippen LogP contribution is -2.37. The summed E-state index contributed by atoms with van der Waals surface area (Å²) in [5.41, 5.74) is -0.425. The molecule has 112 valence electrons. The highest BCUT2D eigenvalue weighted by molar-refractivity contribution is 6.30. The van der Waals surface area contributed by atoms with E-state index in [2.05, 4.69) is 5.32 Å². The monoisotopic (exact) mass is 306 g/mol. The number of hydrogen-bond acceptors (Lipinski definition) is 2. The molecule has 1 aliphatic heterocycles. The maximum absolute atomic E-state index is 13.2. The quantitative estimate of drug-likeness (QED) is 0.890. The first kappa shape index (κ1) is 15.4. The molecule has 2 rings (SSSR count). The predicted octanol–water partition coefficient (Wildman–Crippen LogP) is 3.94. The molecular weight excluding hydrogens is 289 g/mol. The third-order valence-corrected chi connectivity index (χ3v) is 3.81. The number of anilines is 1. The van der Waals surface area contributed by atoms with Crippen molar-refractivity contribution in [3.63, 3.8) is 0 Å². The number of halogens is 4. The molecule has 1 fully saturated rings. The van der Waals surface area contributed by atoms with E-state index in [1.54, 1.807) is 0 Å². The van der Waals surface area contributed by atoms with E-state index in [-0.39, 0.29) is 16.8 Å². The van der Waals surface area contributed by atoms with Crippen LogP contribution in [0.1, 0.15) is 25.3 Å². The highest BCUT2D eigenvalue weighted by atomic mass is 35.5. The van der Waals surface area contributed by atoms with Crippen molar-refractivity contribution in [3.05, 3.63) is 28.8 Å². The predicted molar refractivity (Wildman–Crippen MR) is 75.4 cm³/mol. The van der Waals surface area contributed by atoms with Crippen LogP contribution in [0, 0.1) is 0 Å². The molecule has 0 saturated carbocycles. The standard InChI is InChI=1S/C14H18ClF3N2/c1-2-11-9-20(7-3-6-19-11)13-5-4-10(15)8-12(13)14(16,17)18/h4-5,8,11,19H,2-3,6-7,9H2,1H3. The molecule has 6 heteroatoms. The van der Waals surface area contributed by atoms with E-state index in [1.807, 2.05) is 11.8 Å². The molecule has 0 bridgehead atoms. The summed E-state index contributed by atoms with van der Waals surface area (Å²) < 4.78 is 39.5. The molecule has 20 heavy (non-hydrogen) atoms. The van der Waals surface area contributed by atoms with Crippen molar-refractivity contribution >= 4 is 17.3 Å². The van der Waals surface area contributed by atoms with E-state index in [4.69, 9.17) is 11.6 Å². The first-order valence-corrected chi connectivity index (χ1v) is 7.14. The normalized spacial score (nSPS) is 20.9. The minimum Gasteiger partial charge on any atom is -0.369 e. The maximum atomic E-state index is 13.2. The maximum Gasteiger partial charge on any atom is 0.418 e. The number of hydrogen-bond donors (Lipinski definition) is 1. The van der Waals surface area contributed by atoms with Gasteiger partial charge in [0.1, 0.15) is 0 Å². The first-order chi connectivity index (χ1) is 9.41. The lowest BCUT2D eigenvalue weighted by atomic mass is 10.1. The average Bonchev–Trinajstić information content (AvgIpc) is 2.63. The Morgan fingerprint density at radius 3 is 2.80 bits per heavy atom. The van der Waals surface area contributed by atoms with Gasteiger partial charge in [-0.2, -0.15) is 13.2 Å². The van der Waals surface area contributed by atoms with E-state index in [0.717, 1.165) is 25.5 Å². The zero-order valence-electron chi connectivity index (χ0n) is 11.3. The van der Waals surface area contributed by atoms with Gasteiger partial charge < -0.3 is 10.2 Å². The number of alkyl halides is 3. The molecule has 1 aromatic rings. The molecule has 1 aromatic carbocycles. The van der Waals surface area contributed by atoms with Crippen LogP contribution in [-0.2, 0) is 6.18 Å². The number of benzene rings is 1. The number of nitrogens with one attached hydrogen (secondary N) is 1. The lowest BCUT2D eigenvalue weighted by Gasteiger charge is -2.28. The van der Waals surface area contributed by atoms with Crippen LogP contribution in [0.15, 0.2) is 18.2 Å². The van der Waals surface area contributed by atoms with Crippen LogP contribution in [0.25, 0.3) is 0 Å². The summed E-state index contributed by atoms with van der Waals surface area (Å²) in [5, 5.41) is 3.46. The fourth-order valence-electron chi connectivity index (χ4n) is 2.50. The SMILES string of the molecule is CCC1CN(c2ccc(Cl)cc2C(F)(F)F)CCCN1. The minimum absolute atomic E-state index is 0.112. The summed E-state index contributed by atoms with van der Waals surface area (Å²) in [6.07, 6.45) is -2.66. The molecule has 1 heterocycles. The number of rotatable bonds is 2. The summed E-state index contributed by atoms with van der Waals surface area (Å²) in [5.74, 6) is 0. The van der Waals surface area contributed by atoms with Gasteiger partial charge in [0, 0.05) is 29.8 Å². The molecule has 2 nitrogen and oxygen atoms in total. The van der Waals surface area contributed by atoms with Gasteiger partial charge in [-0.05, 0) is 37.6 Å². The van der Waals surface area contributed by atoms with E-state index in [1.165, 1.54) is 12.1 Å². The van der Waals surface area contributed by atoms with Gasteiger partial charge in [-0.25, -0.2) is 0 Å². The second kappa shape index (κ2) is 6.22. The molecule has 1 atom stereocenters. The number of nitrogens with zero attached hydrogens (tertiary/aromatic N) is 1. The van der Waals surface area contributed by atoms with Crippen LogP contribution in [0.2, 0.25) is 5.02 Å². The Hall–Kier alpha value is -0.940. The zero-order chi connectivity index (χ0) is 14.8. The molecule has 0 aromatic heterocycles. The van der Waals surface area contributed by atoms with Crippen molar-refractivity contribution in [2.75, 3.05) is 24.5 Å². The average molecular weight is 307 g/mol. The van der Waals surface area contributed by atoms with Crippen LogP contribution >= 0.6 is 11.6 Å². The van der Waals surface area contributed by atoms with Crippen molar-refractivity contribution in [1.82, 2.24) is 5.32 Å². The van der Waals surface area contributed by atoms with Crippen molar-refractivity contribution < 1.29 is 13.2 Å². The Labute approximate surface area is 121 Å². The Morgan fingerprint density at radius 1 is 1.40 bits per heavy atom. The van der Waals surface area contributed by atoms with Crippen molar-refractivity contribution in [2.24, 2.45) is 0 Å². The summed E-state index contributed by atoms with van der Waals surface area (Å²) in [6, 6.07) is 4.22. The third-order valence-electron chi connectivity index (χ3n) is 3.58. The topological polar surface area (TPSA) is 15.3 Å². The summed E-state index contributed by atoms with van der Waals surface area (Å²) >= 11 is 5.72. The summed E-state index contributed by atoms with van der Waals surface area (Å²) in [7, 11) is 0. The Kier molecular flexibility index (Phi) is 4.81. The third kappa shape index (κ3) is 3.58. The van der Waals surface area contributed by atoms with Crippen LogP contribution in [0.3, 0.4) is 0 Å². The van der Waals surface area contributed by atoms with Crippen LogP contribution < -0.4 is 10.2 Å². The fraction of sp³-hybridized carbons (Fsp3) is 0.571. The van der Waals surface area contributed by atoms with Crippen molar-refractivity contribution in [1.29, 1.82) is 0 Å². The second-order valence-corrected chi connectivity index (χ2v) is 5.45. The molecule has 0 aliphatic carbocycles. The van der Waals surface area contributed by atoms with Gasteiger partial charge in [0.15, 0.2) is 0 Å². The van der Waals surface area contributed by atoms with E-state index >= 15 is 0 Å². The summed E-state index contributed by atoms with van der Waals surface area (Å²) in [4.78, 5) is 1.81. The molecule has 0 amide bonds. The first-order valence-electron chi connectivity index (χ1n) is 6.77. The van der Waals surface area contributed by atoms with E-state index in [0.29, 0.717) is 13.1 Å². The van der Waals surface area contributed by atoms with Crippen LogP contribution in [0.5, 0.6) is 0 Å². The van der Waals surface area contributed by atoms with E-state index in [9.17, 15) is 13.2 Å². The molecule has 0 radical (unpaired) electrons. The van der Waals surface area contributed by atoms with E-state index < -0.39 is 11.7 Å². The van der Waals surface area contributed by atoms with Gasteiger partial charge in [0.25, 0.3) is 0 Å². The molecular formula is C14H18ClF3N2. The van der Waals surface area contributed by atoms with Gasteiger partial charge in [-0.1, -0.05) is 18.5 Å². The van der Waals surface area contributed by atoms with Gasteiger partial charge in [0.2, 0.25) is 0 Å². The highest BCUT2D eigenvalue weighted by Crippen LogP contribution is 2.38. The van der Waals surface area contributed by atoms with Gasteiger partial charge in [0.05, 0.1) is 5.56 Å². The molecule has 0 spiro atoms. The smallest absolute Gasteiger partial charge is 0.369 e. The Morgan fingerprint density at radius 2 is 2.15 bits per heavy atom. The summed E-state index contributed by atoms with van der Waals surface area (Å²) in [6.45, 7) is 4.08. The largest absolute Gasteiger partial charge is 0.418 e. The van der Waals surface area contributed by atoms with Crippen LogP contribution in [0.4, 0.5) is 18.9 Å². The molecule has 1 N–H and O–H groups in total. The van der Waals surface area contributed by atoms with Gasteiger partial charge in [-0.15, -0.1) is 0 Å². The van der Waals surface area contributed by atoms with Gasteiger partial charge >= 0.3 is 6.18 Å². The van der Waals surface area contributed by atoms with Crippen molar-refractivity contribution in [3.8, 4) is 0 Å². The van der Waals surface area contributed by atoms with Crippen molar-refractivity contribution in [2.45, 2.75) is 32.0 Å². The molecule has 1 aliphatic rings. The van der Waals surface area contributed by atoms with Crippen LogP contribution in [-0.4, -0.2) is 25.7 Å². The molecule has 1 saturated heterocycles. The zero-order valence-corrected chi connectivity index (χ0v) is 12.1. The highest BCUT2D eigenvalue weighted by Gasteiger charge is 2.35. The van der Waals surface area contributed by atoms with Gasteiger partial charge in [-0.3, -0.25) is 0 Å². The lowest BCUT2D eigenvalue weighted by molar-refractivity contribution is -0.137. The minimum atomic E-state index is -4.39. The fourth-order valence-corrected chi connectivity index (χ4v) is 2.67.